The number of nitrogens with zero attached hydrogens (tertiary/aromatic N) is 4. The van der Waals surface area contributed by atoms with Crippen molar-refractivity contribution >= 4 is 11.6 Å². The normalized spacial score (nSPS) is 15.6. The lowest BCUT2D eigenvalue weighted by molar-refractivity contribution is 0.0704. The summed E-state index contributed by atoms with van der Waals surface area (Å²) in [7, 11) is 1.90. The molecule has 3 aromatic carbocycles. The van der Waals surface area contributed by atoms with E-state index in [4.69, 9.17) is 11.7 Å². The molecular weight excluding hydrogens is 396 g/mol. The van der Waals surface area contributed by atoms with Gasteiger partial charge in [-0.3, -0.25) is 4.79 Å². The van der Waals surface area contributed by atoms with Crippen molar-refractivity contribution < 1.29 is 4.79 Å². The second-order valence-corrected chi connectivity index (χ2v) is 8.48. The molecule has 1 spiro atoms. The summed E-state index contributed by atoms with van der Waals surface area (Å²) in [5.74, 6) is -0.00932. The minimum absolute atomic E-state index is 0.00932. The number of carbonyl (C=O) groups is 1. The minimum Gasteiger partial charge on any atom is -0.331 e. The Morgan fingerprint density at radius 1 is 0.906 bits per heavy atom. The Hall–Kier alpha value is -4.17. The number of benzene rings is 3. The zero-order chi connectivity index (χ0) is 21.9. The van der Waals surface area contributed by atoms with Gasteiger partial charge in [0.05, 0.1) is 23.5 Å². The fraction of sp³-hybridized carbons (Fsp3) is 0.148. The van der Waals surface area contributed by atoms with Crippen LogP contribution in [0.3, 0.4) is 0 Å². The fourth-order valence-electron chi connectivity index (χ4n) is 4.77. The summed E-state index contributed by atoms with van der Waals surface area (Å²) < 4.78 is 1.81. The lowest BCUT2D eigenvalue weighted by Crippen LogP contribution is -2.36. The van der Waals surface area contributed by atoms with E-state index in [-0.39, 0.29) is 11.4 Å². The zero-order valence-electron chi connectivity index (χ0n) is 17.6. The van der Waals surface area contributed by atoms with E-state index >= 15 is 0 Å². The van der Waals surface area contributed by atoms with Gasteiger partial charge < -0.3 is 4.90 Å². The SMILES string of the molecule is [C-]#[N+]c1cccc(-c2ccc3c(c2)-n2nc(-c4ccccc4)cc2C(=O)N(C)C32CC2)c1. The average molecular weight is 416 g/mol. The molecule has 0 radical (unpaired) electrons. The van der Waals surface area contributed by atoms with E-state index in [1.807, 2.05) is 77.3 Å². The largest absolute Gasteiger partial charge is 0.331 e. The van der Waals surface area contributed by atoms with Crippen LogP contribution in [-0.4, -0.2) is 27.6 Å². The van der Waals surface area contributed by atoms with Gasteiger partial charge in [0.1, 0.15) is 5.69 Å². The highest BCUT2D eigenvalue weighted by molar-refractivity contribution is 5.96. The Bertz CT molecular complexity index is 1420. The van der Waals surface area contributed by atoms with E-state index in [9.17, 15) is 4.79 Å². The summed E-state index contributed by atoms with van der Waals surface area (Å²) in [6.45, 7) is 7.34. The summed E-state index contributed by atoms with van der Waals surface area (Å²) >= 11 is 0. The maximum absolute atomic E-state index is 13.5. The molecule has 5 nitrogen and oxygen atoms in total. The fourth-order valence-corrected chi connectivity index (χ4v) is 4.77. The van der Waals surface area contributed by atoms with Crippen LogP contribution in [0.4, 0.5) is 5.69 Å². The zero-order valence-corrected chi connectivity index (χ0v) is 17.6. The molecule has 0 atom stereocenters. The molecule has 6 rings (SSSR count). The molecule has 1 aromatic heterocycles. The molecule has 1 saturated carbocycles. The van der Waals surface area contributed by atoms with Gasteiger partial charge in [-0.1, -0.05) is 60.7 Å². The molecule has 2 heterocycles. The first-order valence-corrected chi connectivity index (χ1v) is 10.7. The predicted octanol–water partition coefficient (Wildman–Crippen LogP) is 5.83. The number of fused-ring (bicyclic) bond motifs is 4. The molecule has 0 unspecified atom stereocenters. The lowest BCUT2D eigenvalue weighted by Gasteiger charge is -2.27. The molecular formula is C27H20N4O. The third-order valence-corrected chi connectivity index (χ3v) is 6.70. The first-order valence-electron chi connectivity index (χ1n) is 10.7. The molecule has 1 aliphatic heterocycles. The number of amides is 1. The van der Waals surface area contributed by atoms with Crippen molar-refractivity contribution in [3.05, 3.63) is 102 Å². The van der Waals surface area contributed by atoms with E-state index < -0.39 is 0 Å². The van der Waals surface area contributed by atoms with Crippen LogP contribution in [0.15, 0.2) is 78.9 Å². The predicted molar refractivity (Wildman–Crippen MR) is 124 cm³/mol. The van der Waals surface area contributed by atoms with Crippen molar-refractivity contribution in [2.45, 2.75) is 18.4 Å². The van der Waals surface area contributed by atoms with E-state index in [1.165, 1.54) is 0 Å². The Morgan fingerprint density at radius 2 is 1.66 bits per heavy atom. The van der Waals surface area contributed by atoms with Gasteiger partial charge in [0, 0.05) is 18.2 Å². The van der Waals surface area contributed by atoms with Crippen LogP contribution < -0.4 is 0 Å². The van der Waals surface area contributed by atoms with Gasteiger partial charge in [0.15, 0.2) is 5.69 Å². The summed E-state index contributed by atoms with van der Waals surface area (Å²) in [5, 5.41) is 4.89. The maximum Gasteiger partial charge on any atom is 0.273 e. The molecule has 5 heteroatoms. The molecule has 1 amide bonds. The first-order chi connectivity index (χ1) is 15.6. The van der Waals surface area contributed by atoms with Crippen molar-refractivity contribution in [1.82, 2.24) is 14.7 Å². The van der Waals surface area contributed by atoms with Crippen molar-refractivity contribution in [2.24, 2.45) is 0 Å². The van der Waals surface area contributed by atoms with Crippen LogP contribution in [0.1, 0.15) is 28.9 Å². The van der Waals surface area contributed by atoms with Crippen LogP contribution in [-0.2, 0) is 5.54 Å². The van der Waals surface area contributed by atoms with Gasteiger partial charge in [-0.05, 0) is 42.2 Å². The topological polar surface area (TPSA) is 42.5 Å². The summed E-state index contributed by atoms with van der Waals surface area (Å²) in [6, 6.07) is 25.8. The quantitative estimate of drug-likeness (QED) is 0.386. The van der Waals surface area contributed by atoms with Gasteiger partial charge in [-0.2, -0.15) is 5.10 Å². The van der Waals surface area contributed by atoms with E-state index in [1.54, 1.807) is 0 Å². The average Bonchev–Trinajstić information content (AvgIpc) is 3.55. The number of hydrogen-bond acceptors (Lipinski definition) is 2. The number of aromatic nitrogens is 2. The first kappa shape index (κ1) is 18.6. The molecule has 154 valence electrons. The van der Waals surface area contributed by atoms with Crippen LogP contribution >= 0.6 is 0 Å². The maximum atomic E-state index is 13.5. The van der Waals surface area contributed by atoms with E-state index in [2.05, 4.69) is 23.0 Å². The van der Waals surface area contributed by atoms with Crippen molar-refractivity contribution in [1.29, 1.82) is 0 Å². The second kappa shape index (κ2) is 6.66. The Balaban J connectivity index is 1.59. The van der Waals surface area contributed by atoms with Crippen LogP contribution in [0, 0.1) is 6.57 Å². The monoisotopic (exact) mass is 416 g/mol. The molecule has 0 saturated heterocycles. The Kier molecular flexibility index (Phi) is 3.87. The van der Waals surface area contributed by atoms with Crippen molar-refractivity contribution in [3.8, 4) is 28.1 Å². The number of carbonyl (C=O) groups excluding carboxylic acids is 1. The third-order valence-electron chi connectivity index (χ3n) is 6.70. The molecule has 4 aromatic rings. The highest BCUT2D eigenvalue weighted by Gasteiger charge is 2.53. The smallest absolute Gasteiger partial charge is 0.273 e. The van der Waals surface area contributed by atoms with Crippen molar-refractivity contribution in [2.75, 3.05) is 7.05 Å². The molecule has 1 fully saturated rings. The minimum atomic E-state index is -0.267. The molecule has 32 heavy (non-hydrogen) atoms. The van der Waals surface area contributed by atoms with Gasteiger partial charge in [0.2, 0.25) is 0 Å². The molecule has 1 aliphatic carbocycles. The molecule has 0 N–H and O–H groups in total. The molecule has 2 aliphatic rings. The second-order valence-electron chi connectivity index (χ2n) is 8.48. The third kappa shape index (κ3) is 2.63. The van der Waals surface area contributed by atoms with E-state index in [0.717, 1.165) is 46.5 Å². The highest BCUT2D eigenvalue weighted by atomic mass is 16.2. The van der Waals surface area contributed by atoms with Gasteiger partial charge in [0.25, 0.3) is 5.91 Å². The molecule has 0 bridgehead atoms. The summed E-state index contributed by atoms with van der Waals surface area (Å²) in [5.41, 5.74) is 6.71. The van der Waals surface area contributed by atoms with Crippen LogP contribution in [0.25, 0.3) is 32.9 Å². The standard InChI is InChI=1S/C27H20N4O/c1-28-21-10-6-9-19(15-21)20-11-12-22-24(16-20)31-25(26(32)30(2)27(22)13-14-27)17-23(29-31)18-7-4-3-5-8-18/h3-12,15-17H,13-14H2,2H3. The van der Waals surface area contributed by atoms with Gasteiger partial charge in [-0.25, -0.2) is 9.53 Å². The number of hydrogen-bond donors (Lipinski definition) is 0. The van der Waals surface area contributed by atoms with Crippen molar-refractivity contribution in [3.63, 3.8) is 0 Å². The Labute approximate surface area is 186 Å². The number of rotatable bonds is 2. The van der Waals surface area contributed by atoms with Gasteiger partial charge >= 0.3 is 0 Å². The van der Waals surface area contributed by atoms with Gasteiger partial charge in [-0.15, -0.1) is 0 Å². The van der Waals surface area contributed by atoms with Crippen LogP contribution in [0.5, 0.6) is 0 Å². The van der Waals surface area contributed by atoms with E-state index in [0.29, 0.717) is 11.4 Å². The lowest BCUT2D eigenvalue weighted by atomic mass is 9.96. The summed E-state index contributed by atoms with van der Waals surface area (Å²) in [4.78, 5) is 18.9. The van der Waals surface area contributed by atoms with Crippen LogP contribution in [0.2, 0.25) is 0 Å². The highest BCUT2D eigenvalue weighted by Crippen LogP contribution is 2.54. The Morgan fingerprint density at radius 3 is 2.41 bits per heavy atom. The summed E-state index contributed by atoms with van der Waals surface area (Å²) in [6.07, 6.45) is 1.90.